The summed E-state index contributed by atoms with van der Waals surface area (Å²) in [5.74, 6) is 0. The molecule has 0 spiro atoms. The largest absolute Gasteiger partial charge is 0.422 e. The summed E-state index contributed by atoms with van der Waals surface area (Å²) >= 11 is 0. The summed E-state index contributed by atoms with van der Waals surface area (Å²) in [5.41, 5.74) is 2.64. The number of rotatable bonds is 4. The third-order valence-corrected chi connectivity index (χ3v) is 2.54. The Morgan fingerprint density at radius 2 is 2.16 bits per heavy atom. The van der Waals surface area contributed by atoms with Gasteiger partial charge in [0.05, 0.1) is 11.9 Å². The van der Waals surface area contributed by atoms with E-state index in [1.165, 1.54) is 36.3 Å². The fourth-order valence-corrected chi connectivity index (χ4v) is 1.66. The molecule has 5 nitrogen and oxygen atoms in total. The normalized spacial score (nSPS) is 8.58. The molecule has 1 aromatic rings. The van der Waals surface area contributed by atoms with E-state index in [0.717, 1.165) is 6.54 Å². The molecule has 5 heteroatoms. The first-order valence-corrected chi connectivity index (χ1v) is 6.21. The quantitative estimate of drug-likeness (QED) is 0.473. The van der Waals surface area contributed by atoms with Crippen LogP contribution in [-0.2, 0) is 6.54 Å². The van der Waals surface area contributed by atoms with Crippen molar-refractivity contribution >= 4 is 11.7 Å². The number of hydrogen-bond acceptors (Lipinski definition) is 3. The van der Waals surface area contributed by atoms with Crippen LogP contribution in [0.1, 0.15) is 25.3 Å². The van der Waals surface area contributed by atoms with Crippen molar-refractivity contribution in [1.82, 2.24) is 0 Å². The third kappa shape index (κ3) is 6.97. The molecule has 1 rings (SSSR count). The zero-order valence-corrected chi connectivity index (χ0v) is 12.1. The molecule has 1 aromatic heterocycles. The summed E-state index contributed by atoms with van der Waals surface area (Å²) in [7, 11) is 4.16. The number of aliphatic imine (C=N–C) groups is 1. The Kier molecular flexibility index (Phi) is 8.68. The van der Waals surface area contributed by atoms with Gasteiger partial charge in [-0.25, -0.2) is 4.57 Å². The second-order valence-corrected chi connectivity index (χ2v) is 4.31. The molecule has 0 aliphatic rings. The van der Waals surface area contributed by atoms with Crippen LogP contribution in [0.5, 0.6) is 0 Å². The highest BCUT2D eigenvalue weighted by atomic mass is 15.1. The molecular formula is C14H21N5. The second kappa shape index (κ2) is 9.81. The van der Waals surface area contributed by atoms with Crippen molar-refractivity contribution in [3.63, 3.8) is 0 Å². The van der Waals surface area contributed by atoms with Gasteiger partial charge in [0.15, 0.2) is 12.4 Å². The SMILES string of the molecule is CCCC[n+]1ccc(N(C)C)c(C)c1.N#CN=C=[N-]. The molecule has 0 unspecified atom stereocenters. The second-order valence-electron chi connectivity index (χ2n) is 4.31. The van der Waals surface area contributed by atoms with Crippen molar-refractivity contribution in [2.75, 3.05) is 19.0 Å². The molecule has 19 heavy (non-hydrogen) atoms. The van der Waals surface area contributed by atoms with Crippen LogP contribution in [0.15, 0.2) is 23.5 Å². The van der Waals surface area contributed by atoms with Gasteiger partial charge in [-0.1, -0.05) is 13.3 Å². The monoisotopic (exact) mass is 259 g/mol. The molecule has 0 N–H and O–H groups in total. The molecule has 1 heterocycles. The summed E-state index contributed by atoms with van der Waals surface area (Å²) in [6, 6.07) is 3.47. The summed E-state index contributed by atoms with van der Waals surface area (Å²) in [6.07, 6.45) is 8.18. The fraction of sp³-hybridized carbons (Fsp3) is 0.500. The first-order chi connectivity index (χ1) is 9.06. The van der Waals surface area contributed by atoms with Gasteiger partial charge in [0.25, 0.3) is 0 Å². The van der Waals surface area contributed by atoms with E-state index in [1.807, 2.05) is 0 Å². The van der Waals surface area contributed by atoms with Crippen LogP contribution in [0.25, 0.3) is 5.41 Å². The van der Waals surface area contributed by atoms with Crippen molar-refractivity contribution < 1.29 is 4.57 Å². The lowest BCUT2D eigenvalue weighted by molar-refractivity contribution is -0.697. The van der Waals surface area contributed by atoms with Crippen LogP contribution in [-0.4, -0.2) is 20.1 Å². The standard InChI is InChI=1S/C12H21N2.C2N3/c1-5-6-8-14-9-7-12(13(3)4)11(2)10-14;3-1-5-2-4/h7,9-10H,5-6,8H2,1-4H3;/q+1;-1. The first-order valence-electron chi connectivity index (χ1n) is 6.21. The minimum absolute atomic E-state index is 1.13. The highest BCUT2D eigenvalue weighted by molar-refractivity contribution is 5.48. The van der Waals surface area contributed by atoms with Crippen molar-refractivity contribution in [3.05, 3.63) is 29.4 Å². The number of pyridine rings is 1. The smallest absolute Gasteiger partial charge is 0.173 e. The first kappa shape index (κ1) is 16.8. The number of hydrogen-bond donors (Lipinski definition) is 0. The Bertz CT molecular complexity index is 467. The molecule has 0 saturated carbocycles. The topological polar surface area (TPSA) is 65.6 Å². The highest BCUT2D eigenvalue weighted by Crippen LogP contribution is 2.13. The van der Waals surface area contributed by atoms with Crippen molar-refractivity contribution in [1.29, 1.82) is 5.26 Å². The summed E-state index contributed by atoms with van der Waals surface area (Å²) in [5, 5.41) is 14.9. The van der Waals surface area contributed by atoms with Gasteiger partial charge in [-0.15, -0.1) is 6.01 Å². The van der Waals surface area contributed by atoms with Crippen LogP contribution in [0.3, 0.4) is 0 Å². The van der Waals surface area contributed by atoms with E-state index in [1.54, 1.807) is 0 Å². The Morgan fingerprint density at radius 1 is 1.47 bits per heavy atom. The van der Waals surface area contributed by atoms with E-state index in [4.69, 9.17) is 10.7 Å². The van der Waals surface area contributed by atoms with Gasteiger partial charge in [-0.3, -0.25) is 0 Å². The Morgan fingerprint density at radius 3 is 2.53 bits per heavy atom. The Hall–Kier alpha value is -2.18. The number of anilines is 1. The molecule has 0 aliphatic carbocycles. The molecule has 0 radical (unpaired) electrons. The maximum Gasteiger partial charge on any atom is 0.173 e. The lowest BCUT2D eigenvalue weighted by atomic mass is 10.2. The maximum atomic E-state index is 7.43. The van der Waals surface area contributed by atoms with Crippen molar-refractivity contribution in [3.8, 4) is 6.19 Å². The van der Waals surface area contributed by atoms with Gasteiger partial charge in [-0.05, 0) is 6.92 Å². The lowest BCUT2D eigenvalue weighted by Crippen LogP contribution is -2.33. The zero-order valence-electron chi connectivity index (χ0n) is 12.1. The number of aromatic nitrogens is 1. The highest BCUT2D eigenvalue weighted by Gasteiger charge is 2.06. The average molecular weight is 259 g/mol. The average Bonchev–Trinajstić information content (AvgIpc) is 2.37. The van der Waals surface area contributed by atoms with Crippen LogP contribution in [0.2, 0.25) is 0 Å². The summed E-state index contributed by atoms with van der Waals surface area (Å²) in [6.45, 7) is 5.52. The predicted octanol–water partition coefficient (Wildman–Crippen LogP) is 2.36. The van der Waals surface area contributed by atoms with E-state index in [0.29, 0.717) is 0 Å². The fourth-order valence-electron chi connectivity index (χ4n) is 1.66. The van der Waals surface area contributed by atoms with Gasteiger partial charge < -0.3 is 15.3 Å². The zero-order chi connectivity index (χ0) is 14.7. The maximum absolute atomic E-state index is 7.43. The molecule has 0 saturated heterocycles. The van der Waals surface area contributed by atoms with E-state index < -0.39 is 0 Å². The van der Waals surface area contributed by atoms with Gasteiger partial charge >= 0.3 is 0 Å². The van der Waals surface area contributed by atoms with E-state index in [-0.39, 0.29) is 0 Å². The number of aryl methyl sites for hydroxylation is 2. The van der Waals surface area contributed by atoms with E-state index in [9.17, 15) is 0 Å². The van der Waals surface area contributed by atoms with Crippen LogP contribution in [0.4, 0.5) is 5.69 Å². The molecule has 0 atom stereocenters. The molecule has 0 bridgehead atoms. The van der Waals surface area contributed by atoms with Gasteiger partial charge in [-0.2, -0.15) is 5.26 Å². The molecule has 0 amide bonds. The van der Waals surface area contributed by atoms with Gasteiger partial charge in [0, 0.05) is 32.1 Å². The summed E-state index contributed by atoms with van der Waals surface area (Å²) in [4.78, 5) is 4.74. The Labute approximate surface area is 115 Å². The Balaban J connectivity index is 0.000000555. The molecule has 102 valence electrons. The predicted molar refractivity (Wildman–Crippen MR) is 77.0 cm³/mol. The van der Waals surface area contributed by atoms with Crippen molar-refractivity contribution in [2.45, 2.75) is 33.2 Å². The van der Waals surface area contributed by atoms with E-state index in [2.05, 4.69) is 60.9 Å². The van der Waals surface area contributed by atoms with Crippen LogP contribution in [0, 0.1) is 18.4 Å². The van der Waals surface area contributed by atoms with Gasteiger partial charge in [0.2, 0.25) is 0 Å². The molecular weight excluding hydrogens is 238 g/mol. The minimum atomic E-state index is 1.13. The number of nitrogens with zero attached hydrogens (tertiary/aromatic N) is 5. The summed E-state index contributed by atoms with van der Waals surface area (Å²) < 4.78 is 2.27. The third-order valence-electron chi connectivity index (χ3n) is 2.54. The molecule has 0 aromatic carbocycles. The number of unbranched alkanes of at least 4 members (excludes halogenated alkanes) is 1. The molecule has 0 fully saturated rings. The minimum Gasteiger partial charge on any atom is -0.422 e. The van der Waals surface area contributed by atoms with Crippen LogP contribution >= 0.6 is 0 Å². The number of nitriles is 1. The van der Waals surface area contributed by atoms with Crippen molar-refractivity contribution in [2.24, 2.45) is 4.99 Å². The van der Waals surface area contributed by atoms with Gasteiger partial charge in [0.1, 0.15) is 6.54 Å². The lowest BCUT2D eigenvalue weighted by Gasteiger charge is -2.13. The molecule has 0 aliphatic heterocycles. The van der Waals surface area contributed by atoms with Crippen LogP contribution < -0.4 is 9.47 Å². The van der Waals surface area contributed by atoms with E-state index >= 15 is 0 Å².